The van der Waals surface area contributed by atoms with Gasteiger partial charge in [-0.25, -0.2) is 17.9 Å². The van der Waals surface area contributed by atoms with Crippen LogP contribution in [0.5, 0.6) is 11.5 Å². The number of sulfonamides is 1. The van der Waals surface area contributed by atoms with E-state index in [0.29, 0.717) is 37.4 Å². The molecule has 0 radical (unpaired) electrons. The number of benzene rings is 2. The Hall–Kier alpha value is -3.31. The summed E-state index contributed by atoms with van der Waals surface area (Å²) in [5, 5.41) is 0. The molecule has 0 bridgehead atoms. The number of aromatic amines is 1. The van der Waals surface area contributed by atoms with Crippen molar-refractivity contribution in [3.05, 3.63) is 52.9 Å². The van der Waals surface area contributed by atoms with Crippen LogP contribution >= 0.6 is 0 Å². The smallest absolute Gasteiger partial charge is 0.326 e. The molecule has 0 atom stereocenters. The summed E-state index contributed by atoms with van der Waals surface area (Å²) in [7, 11) is -0.907. The number of rotatable bonds is 8. The molecule has 1 aromatic heterocycles. The quantitative estimate of drug-likeness (QED) is 0.499. The van der Waals surface area contributed by atoms with Gasteiger partial charge in [0.2, 0.25) is 15.9 Å². The van der Waals surface area contributed by atoms with Gasteiger partial charge in [0.25, 0.3) is 0 Å². The highest BCUT2D eigenvalue weighted by Crippen LogP contribution is 2.29. The fourth-order valence-corrected chi connectivity index (χ4v) is 5.37. The van der Waals surface area contributed by atoms with Crippen LogP contribution in [0.3, 0.4) is 0 Å². The van der Waals surface area contributed by atoms with Gasteiger partial charge in [0.15, 0.2) is 11.5 Å². The zero-order chi connectivity index (χ0) is 24.3. The van der Waals surface area contributed by atoms with E-state index in [4.69, 9.17) is 9.47 Å². The lowest BCUT2D eigenvalue weighted by Crippen LogP contribution is -2.41. The molecule has 2 heterocycles. The summed E-state index contributed by atoms with van der Waals surface area (Å²) in [6, 6.07) is 11.9. The molecule has 0 aliphatic carbocycles. The molecule has 1 aliphatic rings. The van der Waals surface area contributed by atoms with Crippen molar-refractivity contribution >= 4 is 27.0 Å². The van der Waals surface area contributed by atoms with Gasteiger partial charge >= 0.3 is 5.69 Å². The predicted molar refractivity (Wildman–Crippen MR) is 127 cm³/mol. The van der Waals surface area contributed by atoms with Gasteiger partial charge in [-0.1, -0.05) is 12.1 Å². The Labute approximate surface area is 197 Å². The van der Waals surface area contributed by atoms with E-state index < -0.39 is 10.0 Å². The number of carbonyl (C=O) groups excluding carboxylic acids is 1. The highest BCUT2D eigenvalue weighted by molar-refractivity contribution is 7.89. The molecule has 4 rings (SSSR count). The number of fused-ring (bicyclic) bond motifs is 1. The first kappa shape index (κ1) is 23.8. The molecule has 0 unspecified atom stereocenters. The van der Waals surface area contributed by atoms with Crippen LogP contribution in [0.15, 0.2) is 52.2 Å². The number of ether oxygens (including phenoxy) is 2. The zero-order valence-electron chi connectivity index (χ0n) is 19.1. The van der Waals surface area contributed by atoms with E-state index in [9.17, 15) is 18.0 Å². The number of aromatic nitrogens is 2. The molecule has 3 aromatic rings. The number of para-hydroxylation sites is 2. The Morgan fingerprint density at radius 3 is 2.50 bits per heavy atom. The third-order valence-corrected chi connectivity index (χ3v) is 7.56. The Kier molecular flexibility index (Phi) is 6.94. The molecule has 0 spiro atoms. The summed E-state index contributed by atoms with van der Waals surface area (Å²) in [5.41, 5.74) is 1.52. The first-order valence-corrected chi connectivity index (χ1v) is 12.5. The van der Waals surface area contributed by atoms with Crippen LogP contribution in [0, 0.1) is 0 Å². The minimum absolute atomic E-state index is 0.0104. The highest BCUT2D eigenvalue weighted by Gasteiger charge is 2.26. The molecule has 1 amide bonds. The standard InChI is InChI=1S/C23H28N4O6S/c1-32-20-8-7-17(15-21(20)33-2)34(30,31)24-12-9-22(28)26-13-10-16(11-14-26)27-19-6-4-3-5-18(19)25-23(27)29/h3-8,15-16,24H,9-14H2,1-2H3,(H,25,29). The van der Waals surface area contributed by atoms with Gasteiger partial charge in [-0.15, -0.1) is 0 Å². The highest BCUT2D eigenvalue weighted by atomic mass is 32.2. The molecule has 0 saturated carbocycles. The Morgan fingerprint density at radius 1 is 1.09 bits per heavy atom. The number of piperidine rings is 1. The van der Waals surface area contributed by atoms with Crippen molar-refractivity contribution in [2.45, 2.75) is 30.2 Å². The largest absolute Gasteiger partial charge is 0.493 e. The number of hydrogen-bond acceptors (Lipinski definition) is 6. The number of carbonyl (C=O) groups is 1. The number of likely N-dealkylation sites (tertiary alicyclic amines) is 1. The Balaban J connectivity index is 1.31. The van der Waals surface area contributed by atoms with E-state index in [0.717, 1.165) is 11.0 Å². The number of imidazole rings is 1. The minimum atomic E-state index is -3.81. The van der Waals surface area contributed by atoms with Gasteiger partial charge in [-0.3, -0.25) is 9.36 Å². The maximum absolute atomic E-state index is 12.7. The van der Waals surface area contributed by atoms with E-state index in [-0.39, 0.29) is 35.5 Å². The van der Waals surface area contributed by atoms with Crippen molar-refractivity contribution in [2.75, 3.05) is 33.9 Å². The topological polar surface area (TPSA) is 123 Å². The summed E-state index contributed by atoms with van der Waals surface area (Å²) in [6.45, 7) is 1.01. The average Bonchev–Trinajstić information content (AvgIpc) is 3.19. The number of nitrogens with one attached hydrogen (secondary N) is 2. The van der Waals surface area contributed by atoms with Gasteiger partial charge in [0.1, 0.15) is 0 Å². The molecular weight excluding hydrogens is 460 g/mol. The van der Waals surface area contributed by atoms with E-state index in [1.165, 1.54) is 32.4 Å². The lowest BCUT2D eigenvalue weighted by Gasteiger charge is -2.32. The fraction of sp³-hybridized carbons (Fsp3) is 0.391. The fourth-order valence-electron chi connectivity index (χ4n) is 4.33. The third-order valence-electron chi connectivity index (χ3n) is 6.10. The van der Waals surface area contributed by atoms with E-state index in [1.807, 2.05) is 24.3 Å². The van der Waals surface area contributed by atoms with E-state index >= 15 is 0 Å². The molecule has 11 heteroatoms. The van der Waals surface area contributed by atoms with Crippen molar-refractivity contribution < 1.29 is 22.7 Å². The molecule has 1 saturated heterocycles. The monoisotopic (exact) mass is 488 g/mol. The van der Waals surface area contributed by atoms with Gasteiger partial charge in [0.05, 0.1) is 30.1 Å². The zero-order valence-corrected chi connectivity index (χ0v) is 19.9. The van der Waals surface area contributed by atoms with Crippen LogP contribution < -0.4 is 19.9 Å². The van der Waals surface area contributed by atoms with Gasteiger partial charge < -0.3 is 19.4 Å². The first-order chi connectivity index (χ1) is 16.3. The minimum Gasteiger partial charge on any atom is -0.493 e. The SMILES string of the molecule is COc1ccc(S(=O)(=O)NCCC(=O)N2CCC(n3c(=O)[nH]c4ccccc43)CC2)cc1OC. The Morgan fingerprint density at radius 2 is 1.79 bits per heavy atom. The van der Waals surface area contributed by atoms with Crippen molar-refractivity contribution in [3.63, 3.8) is 0 Å². The molecular formula is C23H28N4O6S. The van der Waals surface area contributed by atoms with Gasteiger partial charge in [-0.2, -0.15) is 0 Å². The second kappa shape index (κ2) is 9.90. The summed E-state index contributed by atoms with van der Waals surface area (Å²) in [4.78, 5) is 29.7. The summed E-state index contributed by atoms with van der Waals surface area (Å²) in [5.74, 6) is 0.605. The molecule has 1 fully saturated rings. The maximum Gasteiger partial charge on any atom is 0.326 e. The molecule has 2 aromatic carbocycles. The van der Waals surface area contributed by atoms with Crippen LogP contribution in [0.1, 0.15) is 25.3 Å². The number of methoxy groups -OCH3 is 2. The Bertz CT molecular complexity index is 1340. The number of nitrogens with zero attached hydrogens (tertiary/aromatic N) is 2. The second-order valence-corrected chi connectivity index (χ2v) is 9.86. The van der Waals surface area contributed by atoms with Crippen LogP contribution in [-0.2, 0) is 14.8 Å². The van der Waals surface area contributed by atoms with Crippen LogP contribution in [0.25, 0.3) is 11.0 Å². The van der Waals surface area contributed by atoms with Crippen LogP contribution in [0.4, 0.5) is 0 Å². The predicted octanol–water partition coefficient (Wildman–Crippen LogP) is 1.88. The molecule has 1 aliphatic heterocycles. The molecule has 2 N–H and O–H groups in total. The maximum atomic E-state index is 12.7. The lowest BCUT2D eigenvalue weighted by atomic mass is 10.0. The van der Waals surface area contributed by atoms with Crippen molar-refractivity contribution in [3.8, 4) is 11.5 Å². The number of H-pyrrole nitrogens is 1. The average molecular weight is 489 g/mol. The normalized spacial score (nSPS) is 14.9. The van der Waals surface area contributed by atoms with Gasteiger partial charge in [0, 0.05) is 38.2 Å². The van der Waals surface area contributed by atoms with Crippen molar-refractivity contribution in [2.24, 2.45) is 0 Å². The molecule has 182 valence electrons. The molecule has 34 heavy (non-hydrogen) atoms. The van der Waals surface area contributed by atoms with Gasteiger partial charge in [-0.05, 0) is 37.1 Å². The van der Waals surface area contributed by atoms with Crippen molar-refractivity contribution in [1.29, 1.82) is 0 Å². The summed E-state index contributed by atoms with van der Waals surface area (Å²) < 4.78 is 39.7. The van der Waals surface area contributed by atoms with Crippen LogP contribution in [-0.4, -0.2) is 62.6 Å². The second-order valence-electron chi connectivity index (χ2n) is 8.09. The first-order valence-electron chi connectivity index (χ1n) is 11.0. The number of hydrogen-bond donors (Lipinski definition) is 2. The van der Waals surface area contributed by atoms with E-state index in [1.54, 1.807) is 9.47 Å². The summed E-state index contributed by atoms with van der Waals surface area (Å²) >= 11 is 0. The third kappa shape index (κ3) is 4.80. The number of amides is 1. The van der Waals surface area contributed by atoms with Crippen molar-refractivity contribution in [1.82, 2.24) is 19.2 Å². The van der Waals surface area contributed by atoms with E-state index in [2.05, 4.69) is 9.71 Å². The molecule has 10 nitrogen and oxygen atoms in total. The van der Waals surface area contributed by atoms with Crippen LogP contribution in [0.2, 0.25) is 0 Å². The summed E-state index contributed by atoms with van der Waals surface area (Å²) in [6.07, 6.45) is 1.36. The lowest BCUT2D eigenvalue weighted by molar-refractivity contribution is -0.132.